The van der Waals surface area contributed by atoms with Crippen molar-refractivity contribution < 1.29 is 4.79 Å². The molecular formula is C16H21N3OS. The molecule has 0 saturated heterocycles. The molecule has 0 atom stereocenters. The van der Waals surface area contributed by atoms with Crippen LogP contribution in [-0.4, -0.2) is 16.9 Å². The van der Waals surface area contributed by atoms with Crippen LogP contribution in [0.4, 0.5) is 5.69 Å². The van der Waals surface area contributed by atoms with E-state index in [-0.39, 0.29) is 11.9 Å². The summed E-state index contributed by atoms with van der Waals surface area (Å²) in [6.45, 7) is 8.67. The molecule has 0 saturated carbocycles. The number of aryl methyl sites for hydroxylation is 2. The summed E-state index contributed by atoms with van der Waals surface area (Å²) in [5, 5.41) is 7.33. The van der Waals surface area contributed by atoms with Gasteiger partial charge in [-0.15, -0.1) is 11.3 Å². The number of aromatic nitrogens is 1. The number of carbonyl (C=O) groups excluding carboxylic acids is 1. The van der Waals surface area contributed by atoms with Gasteiger partial charge in [0.25, 0.3) is 5.91 Å². The van der Waals surface area contributed by atoms with Crippen molar-refractivity contribution in [3.63, 3.8) is 0 Å². The molecule has 2 rings (SSSR count). The molecule has 1 heterocycles. The second-order valence-electron chi connectivity index (χ2n) is 5.30. The number of benzene rings is 1. The molecule has 112 valence electrons. The van der Waals surface area contributed by atoms with Crippen LogP contribution in [0.15, 0.2) is 24.3 Å². The van der Waals surface area contributed by atoms with E-state index in [2.05, 4.69) is 15.6 Å². The van der Waals surface area contributed by atoms with Crippen LogP contribution < -0.4 is 10.6 Å². The van der Waals surface area contributed by atoms with Gasteiger partial charge in [-0.05, 0) is 45.9 Å². The Morgan fingerprint density at radius 3 is 2.71 bits per heavy atom. The topological polar surface area (TPSA) is 54.0 Å². The van der Waals surface area contributed by atoms with Crippen LogP contribution >= 0.6 is 11.3 Å². The molecule has 0 aliphatic rings. The molecule has 0 aliphatic carbocycles. The van der Waals surface area contributed by atoms with Crippen LogP contribution in [0.5, 0.6) is 0 Å². The maximum Gasteiger partial charge on any atom is 0.251 e. The predicted octanol–water partition coefficient (Wildman–Crippen LogP) is 3.51. The molecule has 2 aromatic rings. The molecule has 4 nitrogen and oxygen atoms in total. The molecule has 21 heavy (non-hydrogen) atoms. The smallest absolute Gasteiger partial charge is 0.251 e. The Morgan fingerprint density at radius 2 is 2.10 bits per heavy atom. The molecular weight excluding hydrogens is 282 g/mol. The standard InChI is InChI=1S/C16H21N3OS/c1-10(2)18-16(20)13-6-5-7-14(8-13)17-9-15-11(3)19-12(4)21-15/h5-8,10,17H,9H2,1-4H3,(H,18,20). The highest BCUT2D eigenvalue weighted by Crippen LogP contribution is 2.19. The van der Waals surface area contributed by atoms with E-state index < -0.39 is 0 Å². The maximum atomic E-state index is 12.0. The van der Waals surface area contributed by atoms with Crippen molar-refractivity contribution in [3.8, 4) is 0 Å². The Hall–Kier alpha value is -1.88. The molecule has 0 radical (unpaired) electrons. The summed E-state index contributed by atoms with van der Waals surface area (Å²) in [7, 11) is 0. The van der Waals surface area contributed by atoms with Gasteiger partial charge in [0.15, 0.2) is 0 Å². The maximum absolute atomic E-state index is 12.0. The largest absolute Gasteiger partial charge is 0.380 e. The zero-order valence-electron chi connectivity index (χ0n) is 12.9. The minimum Gasteiger partial charge on any atom is -0.380 e. The lowest BCUT2D eigenvalue weighted by Crippen LogP contribution is -2.30. The number of rotatable bonds is 5. The van der Waals surface area contributed by atoms with Crippen LogP contribution in [0.1, 0.15) is 39.8 Å². The molecule has 0 unspecified atom stereocenters. The Labute approximate surface area is 129 Å². The van der Waals surface area contributed by atoms with Gasteiger partial charge < -0.3 is 10.6 Å². The third-order valence-electron chi connectivity index (χ3n) is 3.00. The summed E-state index contributed by atoms with van der Waals surface area (Å²) >= 11 is 1.70. The van der Waals surface area contributed by atoms with Crippen molar-refractivity contribution in [1.82, 2.24) is 10.3 Å². The van der Waals surface area contributed by atoms with Gasteiger partial charge in [0.1, 0.15) is 0 Å². The lowest BCUT2D eigenvalue weighted by molar-refractivity contribution is 0.0943. The van der Waals surface area contributed by atoms with Crippen LogP contribution in [0.25, 0.3) is 0 Å². The van der Waals surface area contributed by atoms with E-state index in [1.807, 2.05) is 52.0 Å². The van der Waals surface area contributed by atoms with Crippen molar-refractivity contribution in [2.24, 2.45) is 0 Å². The molecule has 0 aliphatic heterocycles. The van der Waals surface area contributed by atoms with E-state index in [9.17, 15) is 4.79 Å². The Balaban J connectivity index is 2.04. The van der Waals surface area contributed by atoms with Crippen LogP contribution in [-0.2, 0) is 6.54 Å². The van der Waals surface area contributed by atoms with E-state index >= 15 is 0 Å². The Bertz CT molecular complexity index is 634. The average molecular weight is 303 g/mol. The average Bonchev–Trinajstić information content (AvgIpc) is 2.74. The van der Waals surface area contributed by atoms with Crippen molar-refractivity contribution in [1.29, 1.82) is 0 Å². The first kappa shape index (κ1) is 15.5. The molecule has 1 aromatic heterocycles. The number of hydrogen-bond donors (Lipinski definition) is 2. The van der Waals surface area contributed by atoms with Crippen molar-refractivity contribution in [2.75, 3.05) is 5.32 Å². The van der Waals surface area contributed by atoms with Crippen molar-refractivity contribution >= 4 is 22.9 Å². The van der Waals surface area contributed by atoms with E-state index in [4.69, 9.17) is 0 Å². The number of anilines is 1. The molecule has 1 amide bonds. The minimum atomic E-state index is -0.0431. The number of nitrogens with zero attached hydrogens (tertiary/aromatic N) is 1. The van der Waals surface area contributed by atoms with Gasteiger partial charge in [-0.3, -0.25) is 4.79 Å². The van der Waals surface area contributed by atoms with Crippen LogP contribution in [0.2, 0.25) is 0 Å². The third kappa shape index (κ3) is 4.29. The monoisotopic (exact) mass is 303 g/mol. The number of hydrogen-bond acceptors (Lipinski definition) is 4. The van der Waals surface area contributed by atoms with E-state index in [1.54, 1.807) is 11.3 Å². The zero-order chi connectivity index (χ0) is 15.4. The highest BCUT2D eigenvalue weighted by atomic mass is 32.1. The highest BCUT2D eigenvalue weighted by molar-refractivity contribution is 7.11. The van der Waals surface area contributed by atoms with Crippen LogP contribution in [0, 0.1) is 13.8 Å². The quantitative estimate of drug-likeness (QED) is 0.888. The number of thiazole rings is 1. The minimum absolute atomic E-state index is 0.0431. The summed E-state index contributed by atoms with van der Waals surface area (Å²) < 4.78 is 0. The molecule has 1 aromatic carbocycles. The van der Waals surface area contributed by atoms with Gasteiger partial charge in [0, 0.05) is 22.2 Å². The highest BCUT2D eigenvalue weighted by Gasteiger charge is 2.08. The number of nitrogens with one attached hydrogen (secondary N) is 2. The summed E-state index contributed by atoms with van der Waals surface area (Å²) in [5.41, 5.74) is 2.68. The first-order valence-corrected chi connectivity index (χ1v) is 7.85. The first-order valence-electron chi connectivity index (χ1n) is 7.03. The third-order valence-corrected chi connectivity index (χ3v) is 4.07. The lowest BCUT2D eigenvalue weighted by Gasteiger charge is -2.10. The van der Waals surface area contributed by atoms with Gasteiger partial charge in [-0.1, -0.05) is 6.07 Å². The van der Waals surface area contributed by atoms with E-state index in [0.29, 0.717) is 5.56 Å². The molecule has 0 bridgehead atoms. The van der Waals surface area contributed by atoms with Gasteiger partial charge in [-0.25, -0.2) is 4.98 Å². The summed E-state index contributed by atoms with van der Waals surface area (Å²) in [4.78, 5) is 17.6. The van der Waals surface area contributed by atoms with Crippen LogP contribution in [0.3, 0.4) is 0 Å². The van der Waals surface area contributed by atoms with Crippen molar-refractivity contribution in [2.45, 2.75) is 40.3 Å². The molecule has 5 heteroatoms. The second-order valence-corrected chi connectivity index (χ2v) is 6.59. The molecule has 0 spiro atoms. The summed E-state index contributed by atoms with van der Waals surface area (Å²) in [6, 6.07) is 7.70. The Kier molecular flexibility index (Phi) is 4.96. The fourth-order valence-electron chi connectivity index (χ4n) is 2.04. The normalized spacial score (nSPS) is 10.7. The first-order chi connectivity index (χ1) is 9.95. The van der Waals surface area contributed by atoms with Gasteiger partial charge in [0.05, 0.1) is 17.2 Å². The SMILES string of the molecule is Cc1nc(C)c(CNc2cccc(C(=O)NC(C)C)c2)s1. The van der Waals surface area contributed by atoms with E-state index in [0.717, 1.165) is 22.9 Å². The fourth-order valence-corrected chi connectivity index (χ4v) is 2.91. The van der Waals surface area contributed by atoms with E-state index in [1.165, 1.54) is 4.88 Å². The second kappa shape index (κ2) is 6.72. The number of carbonyl (C=O) groups is 1. The predicted molar refractivity (Wildman–Crippen MR) is 88.0 cm³/mol. The molecule has 0 fully saturated rings. The Morgan fingerprint density at radius 1 is 1.33 bits per heavy atom. The van der Waals surface area contributed by atoms with Gasteiger partial charge in [-0.2, -0.15) is 0 Å². The number of amides is 1. The summed E-state index contributed by atoms with van der Waals surface area (Å²) in [5.74, 6) is -0.0431. The lowest BCUT2D eigenvalue weighted by atomic mass is 10.1. The summed E-state index contributed by atoms with van der Waals surface area (Å²) in [6.07, 6.45) is 0. The van der Waals surface area contributed by atoms with Crippen molar-refractivity contribution in [3.05, 3.63) is 45.4 Å². The van der Waals surface area contributed by atoms with Gasteiger partial charge >= 0.3 is 0 Å². The van der Waals surface area contributed by atoms with Gasteiger partial charge in [0.2, 0.25) is 0 Å². The zero-order valence-corrected chi connectivity index (χ0v) is 13.7. The molecule has 2 N–H and O–H groups in total. The fraction of sp³-hybridized carbons (Fsp3) is 0.375.